The molecule has 2 rings (SSSR count). The van der Waals surface area contributed by atoms with E-state index in [0.717, 1.165) is 17.5 Å². The van der Waals surface area contributed by atoms with Crippen LogP contribution in [0, 0.1) is 5.92 Å². The van der Waals surface area contributed by atoms with Crippen LogP contribution in [-0.2, 0) is 22.6 Å². The molecule has 2 atom stereocenters. The predicted molar refractivity (Wildman–Crippen MR) is 74.0 cm³/mol. The van der Waals surface area contributed by atoms with Gasteiger partial charge in [0.1, 0.15) is 0 Å². The minimum absolute atomic E-state index is 0.0692. The van der Waals surface area contributed by atoms with E-state index in [-0.39, 0.29) is 6.42 Å². The van der Waals surface area contributed by atoms with Crippen LogP contribution in [-0.4, -0.2) is 17.2 Å². The Hall–Kier alpha value is -1.35. The molecule has 0 saturated heterocycles. The minimum atomic E-state index is -0.793. The fraction of sp³-hybridized carbons (Fsp3) is 0.562. The molecule has 3 heteroatoms. The Morgan fingerprint density at radius 1 is 1.26 bits per heavy atom. The van der Waals surface area contributed by atoms with Gasteiger partial charge in [-0.1, -0.05) is 44.0 Å². The predicted octanol–water partition coefficient (Wildman–Crippen LogP) is 3.41. The fourth-order valence-electron chi connectivity index (χ4n) is 2.76. The van der Waals surface area contributed by atoms with Crippen LogP contribution < -0.4 is 0 Å². The zero-order valence-corrected chi connectivity index (χ0v) is 11.5. The third-order valence-corrected chi connectivity index (χ3v) is 3.95. The number of benzene rings is 1. The van der Waals surface area contributed by atoms with Gasteiger partial charge in [0.15, 0.2) is 0 Å². The Morgan fingerprint density at radius 3 is 2.63 bits per heavy atom. The molecule has 2 unspecified atom stereocenters. The maximum atomic E-state index is 10.8. The molecule has 1 aliphatic rings. The highest BCUT2D eigenvalue weighted by Crippen LogP contribution is 2.27. The summed E-state index contributed by atoms with van der Waals surface area (Å²) in [5.41, 5.74) is 1.86. The van der Waals surface area contributed by atoms with E-state index in [1.165, 1.54) is 19.3 Å². The van der Waals surface area contributed by atoms with Crippen LogP contribution in [0.2, 0.25) is 0 Å². The van der Waals surface area contributed by atoms with Crippen LogP contribution in [0.3, 0.4) is 0 Å². The van der Waals surface area contributed by atoms with Crippen molar-refractivity contribution < 1.29 is 14.6 Å². The highest BCUT2D eigenvalue weighted by Gasteiger charge is 2.22. The van der Waals surface area contributed by atoms with Crippen LogP contribution in [0.1, 0.15) is 43.7 Å². The molecular weight excluding hydrogens is 240 g/mol. The summed E-state index contributed by atoms with van der Waals surface area (Å²) >= 11 is 0. The van der Waals surface area contributed by atoms with E-state index in [1.807, 2.05) is 24.3 Å². The number of hydrogen-bond donors (Lipinski definition) is 1. The van der Waals surface area contributed by atoms with Gasteiger partial charge in [-0.05, 0) is 29.9 Å². The van der Waals surface area contributed by atoms with Gasteiger partial charge in [-0.15, -0.1) is 0 Å². The maximum Gasteiger partial charge on any atom is 0.307 e. The minimum Gasteiger partial charge on any atom is -0.481 e. The van der Waals surface area contributed by atoms with Crippen LogP contribution in [0.15, 0.2) is 24.3 Å². The van der Waals surface area contributed by atoms with Gasteiger partial charge in [-0.2, -0.15) is 0 Å². The lowest BCUT2D eigenvalue weighted by Crippen LogP contribution is -2.25. The van der Waals surface area contributed by atoms with Gasteiger partial charge in [-0.3, -0.25) is 4.79 Å². The summed E-state index contributed by atoms with van der Waals surface area (Å²) in [5.74, 6) is -0.182. The van der Waals surface area contributed by atoms with Gasteiger partial charge in [0.05, 0.1) is 19.1 Å². The third kappa shape index (κ3) is 4.06. The SMILES string of the molecule is CC1CCCCC1OCc1ccccc1CC(=O)O. The summed E-state index contributed by atoms with van der Waals surface area (Å²) in [7, 11) is 0. The first-order valence-electron chi connectivity index (χ1n) is 7.07. The van der Waals surface area contributed by atoms with Crippen molar-refractivity contribution in [2.75, 3.05) is 0 Å². The summed E-state index contributed by atoms with van der Waals surface area (Å²) in [6, 6.07) is 7.65. The quantitative estimate of drug-likeness (QED) is 0.884. The molecule has 0 radical (unpaired) electrons. The molecule has 1 saturated carbocycles. The molecular formula is C16H22O3. The van der Waals surface area contributed by atoms with Gasteiger partial charge >= 0.3 is 5.97 Å². The number of carbonyl (C=O) groups is 1. The first kappa shape index (κ1) is 14.1. The molecule has 0 amide bonds. The molecule has 0 aliphatic heterocycles. The van der Waals surface area contributed by atoms with Crippen molar-refractivity contribution in [1.82, 2.24) is 0 Å². The van der Waals surface area contributed by atoms with Crippen molar-refractivity contribution in [2.45, 2.75) is 51.7 Å². The molecule has 1 aliphatic carbocycles. The van der Waals surface area contributed by atoms with Gasteiger partial charge in [0.25, 0.3) is 0 Å². The number of carboxylic acids is 1. The lowest BCUT2D eigenvalue weighted by atomic mass is 9.88. The van der Waals surface area contributed by atoms with Crippen LogP contribution >= 0.6 is 0 Å². The molecule has 0 spiro atoms. The van der Waals surface area contributed by atoms with E-state index in [2.05, 4.69) is 6.92 Å². The average molecular weight is 262 g/mol. The molecule has 19 heavy (non-hydrogen) atoms. The first-order valence-corrected chi connectivity index (χ1v) is 7.07. The molecule has 1 fully saturated rings. The molecule has 1 aromatic carbocycles. The van der Waals surface area contributed by atoms with Crippen LogP contribution in [0.5, 0.6) is 0 Å². The number of rotatable bonds is 5. The van der Waals surface area contributed by atoms with Gasteiger partial charge in [0.2, 0.25) is 0 Å². The van der Waals surface area contributed by atoms with Crippen molar-refractivity contribution in [2.24, 2.45) is 5.92 Å². The topological polar surface area (TPSA) is 46.5 Å². The highest BCUT2D eigenvalue weighted by molar-refractivity contribution is 5.70. The summed E-state index contributed by atoms with van der Waals surface area (Å²) in [4.78, 5) is 10.8. The smallest absolute Gasteiger partial charge is 0.307 e. The molecule has 0 heterocycles. The van der Waals surface area contributed by atoms with Crippen molar-refractivity contribution in [3.8, 4) is 0 Å². The molecule has 104 valence electrons. The van der Waals surface area contributed by atoms with Crippen LogP contribution in [0.4, 0.5) is 0 Å². The molecule has 3 nitrogen and oxygen atoms in total. The van der Waals surface area contributed by atoms with Crippen molar-refractivity contribution in [3.63, 3.8) is 0 Å². The van der Waals surface area contributed by atoms with E-state index >= 15 is 0 Å². The average Bonchev–Trinajstić information content (AvgIpc) is 2.39. The second kappa shape index (κ2) is 6.71. The number of hydrogen-bond acceptors (Lipinski definition) is 2. The molecule has 0 aromatic heterocycles. The van der Waals surface area contributed by atoms with E-state index < -0.39 is 5.97 Å². The Labute approximate surface area is 114 Å². The lowest BCUT2D eigenvalue weighted by Gasteiger charge is -2.29. The lowest BCUT2D eigenvalue weighted by molar-refractivity contribution is -0.136. The van der Waals surface area contributed by atoms with Crippen molar-refractivity contribution in [1.29, 1.82) is 0 Å². The second-order valence-corrected chi connectivity index (χ2v) is 5.45. The molecule has 1 aromatic rings. The van der Waals surface area contributed by atoms with Gasteiger partial charge in [-0.25, -0.2) is 0 Å². The number of carboxylic acid groups (broad SMARTS) is 1. The zero-order valence-electron chi connectivity index (χ0n) is 11.5. The van der Waals surface area contributed by atoms with Gasteiger partial charge in [0, 0.05) is 0 Å². The van der Waals surface area contributed by atoms with Crippen LogP contribution in [0.25, 0.3) is 0 Å². The summed E-state index contributed by atoms with van der Waals surface area (Å²) in [5, 5.41) is 8.91. The Balaban J connectivity index is 1.96. The third-order valence-electron chi connectivity index (χ3n) is 3.95. The Kier molecular flexibility index (Phi) is 4.97. The van der Waals surface area contributed by atoms with Crippen molar-refractivity contribution in [3.05, 3.63) is 35.4 Å². The monoisotopic (exact) mass is 262 g/mol. The zero-order chi connectivity index (χ0) is 13.7. The number of aliphatic carboxylic acids is 1. The summed E-state index contributed by atoms with van der Waals surface area (Å²) in [6.07, 6.45) is 5.30. The summed E-state index contributed by atoms with van der Waals surface area (Å²) in [6.45, 7) is 2.77. The normalized spacial score (nSPS) is 23.2. The van der Waals surface area contributed by atoms with E-state index in [1.54, 1.807) is 0 Å². The fourth-order valence-corrected chi connectivity index (χ4v) is 2.76. The molecule has 0 bridgehead atoms. The highest BCUT2D eigenvalue weighted by atomic mass is 16.5. The van der Waals surface area contributed by atoms with Gasteiger partial charge < -0.3 is 9.84 Å². The largest absolute Gasteiger partial charge is 0.481 e. The Bertz CT molecular complexity index is 428. The van der Waals surface area contributed by atoms with E-state index in [9.17, 15) is 4.79 Å². The molecule has 1 N–H and O–H groups in total. The standard InChI is InChI=1S/C16H22O3/c1-12-6-2-5-9-15(12)19-11-14-8-4-3-7-13(14)10-16(17)18/h3-4,7-8,12,15H,2,5-6,9-11H2,1H3,(H,17,18). The second-order valence-electron chi connectivity index (χ2n) is 5.45. The first-order chi connectivity index (χ1) is 9.16. The summed E-state index contributed by atoms with van der Waals surface area (Å²) < 4.78 is 6.01. The van der Waals surface area contributed by atoms with E-state index in [0.29, 0.717) is 18.6 Å². The van der Waals surface area contributed by atoms with Crippen molar-refractivity contribution >= 4 is 5.97 Å². The maximum absolute atomic E-state index is 10.8. The Morgan fingerprint density at radius 2 is 1.95 bits per heavy atom. The number of ether oxygens (including phenoxy) is 1. The van der Waals surface area contributed by atoms with E-state index in [4.69, 9.17) is 9.84 Å².